The van der Waals surface area contributed by atoms with Gasteiger partial charge in [0.1, 0.15) is 0 Å². The molecule has 1 aliphatic heterocycles. The van der Waals surface area contributed by atoms with E-state index in [0.717, 1.165) is 25.1 Å². The van der Waals surface area contributed by atoms with Gasteiger partial charge < -0.3 is 14.9 Å². The molecule has 0 aromatic rings. The first kappa shape index (κ1) is 10.6. The first-order valence-corrected chi connectivity index (χ1v) is 4.85. The maximum Gasteiger partial charge on any atom is 0.475 e. The molecule has 0 aromatic carbocycles. The van der Waals surface area contributed by atoms with Gasteiger partial charge in [0, 0.05) is 12.2 Å². The lowest BCUT2D eigenvalue weighted by Gasteiger charge is -2.30. The number of likely N-dealkylation sites (tertiary alicyclic amines) is 1. The van der Waals surface area contributed by atoms with Crippen molar-refractivity contribution in [2.45, 2.75) is 32.6 Å². The third-order valence-electron chi connectivity index (χ3n) is 2.68. The molecule has 0 bridgehead atoms. The molecule has 0 aliphatic carbocycles. The molecule has 74 valence electrons. The largest absolute Gasteiger partial charge is 0.475 e. The number of hydrogen-bond donors (Lipinski definition) is 2. The Balaban J connectivity index is 2.63. The SMILES string of the molecule is C=C(C(C)C)N1CCC[C@H]1B(O)O. The predicted octanol–water partition coefficient (Wildman–Crippen LogP) is 0.633. The molecule has 1 heterocycles. The van der Waals surface area contributed by atoms with Crippen LogP contribution in [0.25, 0.3) is 0 Å². The van der Waals surface area contributed by atoms with Crippen molar-refractivity contribution in [2.24, 2.45) is 5.92 Å². The van der Waals surface area contributed by atoms with Gasteiger partial charge in [-0.3, -0.25) is 0 Å². The highest BCUT2D eigenvalue weighted by Gasteiger charge is 2.34. The summed E-state index contributed by atoms with van der Waals surface area (Å²) in [5.74, 6) is 0.231. The summed E-state index contributed by atoms with van der Waals surface area (Å²) in [7, 11) is -1.24. The number of nitrogens with zero attached hydrogens (tertiary/aromatic N) is 1. The Kier molecular flexibility index (Phi) is 3.39. The molecule has 0 unspecified atom stereocenters. The second-order valence-corrected chi connectivity index (χ2v) is 3.96. The molecule has 1 atom stereocenters. The minimum atomic E-state index is -1.24. The van der Waals surface area contributed by atoms with Crippen LogP contribution in [0.4, 0.5) is 0 Å². The van der Waals surface area contributed by atoms with E-state index < -0.39 is 7.12 Å². The van der Waals surface area contributed by atoms with Crippen LogP contribution in [-0.2, 0) is 0 Å². The van der Waals surface area contributed by atoms with E-state index in [1.54, 1.807) is 0 Å². The maximum absolute atomic E-state index is 9.13. The van der Waals surface area contributed by atoms with Crippen LogP contribution in [0, 0.1) is 5.92 Å². The molecule has 0 spiro atoms. The Morgan fingerprint density at radius 1 is 1.54 bits per heavy atom. The second kappa shape index (κ2) is 4.16. The first-order chi connectivity index (χ1) is 6.04. The van der Waals surface area contributed by atoms with Crippen molar-refractivity contribution in [3.05, 3.63) is 12.3 Å². The van der Waals surface area contributed by atoms with Gasteiger partial charge in [0.25, 0.3) is 0 Å². The van der Waals surface area contributed by atoms with Crippen molar-refractivity contribution in [3.8, 4) is 0 Å². The van der Waals surface area contributed by atoms with Gasteiger partial charge in [0.15, 0.2) is 0 Å². The summed E-state index contributed by atoms with van der Waals surface area (Å²) >= 11 is 0. The number of rotatable bonds is 3. The zero-order chi connectivity index (χ0) is 10.0. The quantitative estimate of drug-likeness (QED) is 0.630. The van der Waals surface area contributed by atoms with Crippen molar-refractivity contribution < 1.29 is 10.0 Å². The van der Waals surface area contributed by atoms with Crippen LogP contribution in [0.5, 0.6) is 0 Å². The van der Waals surface area contributed by atoms with Gasteiger partial charge in [-0.15, -0.1) is 0 Å². The minimum Gasteiger partial charge on any atom is -0.426 e. The summed E-state index contributed by atoms with van der Waals surface area (Å²) in [6, 6.07) is 0. The summed E-state index contributed by atoms with van der Waals surface area (Å²) < 4.78 is 0. The van der Waals surface area contributed by atoms with Gasteiger partial charge in [-0.05, 0) is 18.8 Å². The van der Waals surface area contributed by atoms with Crippen molar-refractivity contribution in [1.29, 1.82) is 0 Å². The van der Waals surface area contributed by atoms with Crippen LogP contribution < -0.4 is 0 Å². The highest BCUT2D eigenvalue weighted by molar-refractivity contribution is 6.43. The second-order valence-electron chi connectivity index (χ2n) is 3.96. The summed E-state index contributed by atoms with van der Waals surface area (Å²) in [6.45, 7) is 9.02. The van der Waals surface area contributed by atoms with Crippen molar-refractivity contribution in [2.75, 3.05) is 6.54 Å². The van der Waals surface area contributed by atoms with Crippen LogP contribution >= 0.6 is 0 Å². The van der Waals surface area contributed by atoms with E-state index in [0.29, 0.717) is 5.92 Å². The zero-order valence-electron chi connectivity index (χ0n) is 8.40. The standard InChI is InChI=1S/C9H18BNO2/c1-7(2)8(3)11-6-4-5-9(11)10(12)13/h7,9,12-13H,3-6H2,1-2H3/t9-/m0/s1. The van der Waals surface area contributed by atoms with Crippen LogP contribution in [0.15, 0.2) is 12.3 Å². The van der Waals surface area contributed by atoms with E-state index >= 15 is 0 Å². The fourth-order valence-electron chi connectivity index (χ4n) is 1.79. The summed E-state index contributed by atoms with van der Waals surface area (Å²) in [4.78, 5) is 2.02. The van der Waals surface area contributed by atoms with Crippen LogP contribution in [-0.4, -0.2) is 34.6 Å². The van der Waals surface area contributed by atoms with Gasteiger partial charge in [-0.2, -0.15) is 0 Å². The van der Waals surface area contributed by atoms with E-state index in [4.69, 9.17) is 10.0 Å². The van der Waals surface area contributed by atoms with Crippen LogP contribution in [0.1, 0.15) is 26.7 Å². The monoisotopic (exact) mass is 183 g/mol. The molecule has 0 aromatic heterocycles. The molecule has 1 fully saturated rings. The highest BCUT2D eigenvalue weighted by Crippen LogP contribution is 2.25. The van der Waals surface area contributed by atoms with E-state index in [1.807, 2.05) is 4.90 Å². The number of allylic oxidation sites excluding steroid dienone is 1. The highest BCUT2D eigenvalue weighted by atomic mass is 16.4. The van der Waals surface area contributed by atoms with Gasteiger partial charge >= 0.3 is 7.12 Å². The van der Waals surface area contributed by atoms with Gasteiger partial charge in [0.05, 0.1) is 5.94 Å². The summed E-state index contributed by atoms with van der Waals surface area (Å²) in [6.07, 6.45) is 1.87. The molecule has 13 heavy (non-hydrogen) atoms. The molecule has 0 amide bonds. The van der Waals surface area contributed by atoms with Gasteiger partial charge in [0.2, 0.25) is 0 Å². The topological polar surface area (TPSA) is 43.7 Å². The molecule has 1 aliphatic rings. The summed E-state index contributed by atoms with van der Waals surface area (Å²) in [5, 5.41) is 18.3. The Morgan fingerprint density at radius 2 is 2.15 bits per heavy atom. The van der Waals surface area contributed by atoms with Gasteiger partial charge in [-0.1, -0.05) is 20.4 Å². The fraction of sp³-hybridized carbons (Fsp3) is 0.778. The van der Waals surface area contributed by atoms with Crippen molar-refractivity contribution in [1.82, 2.24) is 4.90 Å². The molecule has 1 saturated heterocycles. The molecule has 3 nitrogen and oxygen atoms in total. The average Bonchev–Trinajstić information content (AvgIpc) is 2.50. The lowest BCUT2D eigenvalue weighted by atomic mass is 9.77. The normalized spacial score (nSPS) is 22.5. The fourth-order valence-corrected chi connectivity index (χ4v) is 1.79. The average molecular weight is 183 g/mol. The Morgan fingerprint density at radius 3 is 2.62 bits per heavy atom. The van der Waals surface area contributed by atoms with E-state index in [9.17, 15) is 0 Å². The molecule has 0 radical (unpaired) electrons. The van der Waals surface area contributed by atoms with E-state index in [1.165, 1.54) is 0 Å². The molecule has 0 saturated carbocycles. The van der Waals surface area contributed by atoms with E-state index in [2.05, 4.69) is 20.4 Å². The van der Waals surface area contributed by atoms with Crippen LogP contribution in [0.2, 0.25) is 0 Å². The first-order valence-electron chi connectivity index (χ1n) is 4.85. The summed E-state index contributed by atoms with van der Waals surface area (Å²) in [5.41, 5.74) is 1.01. The Labute approximate surface area is 80.2 Å². The molecule has 2 N–H and O–H groups in total. The molecular weight excluding hydrogens is 165 g/mol. The van der Waals surface area contributed by atoms with Gasteiger partial charge in [-0.25, -0.2) is 0 Å². The molecule has 4 heteroatoms. The minimum absolute atomic E-state index is 0.144. The lowest BCUT2D eigenvalue weighted by Crippen LogP contribution is -2.42. The van der Waals surface area contributed by atoms with Crippen LogP contribution in [0.3, 0.4) is 0 Å². The zero-order valence-corrected chi connectivity index (χ0v) is 8.40. The molecular formula is C9H18BNO2. The Bertz CT molecular complexity index is 194. The lowest BCUT2D eigenvalue weighted by molar-refractivity contribution is 0.286. The number of hydrogen-bond acceptors (Lipinski definition) is 3. The predicted molar refractivity (Wildman–Crippen MR) is 53.9 cm³/mol. The van der Waals surface area contributed by atoms with E-state index in [-0.39, 0.29) is 5.94 Å². The third-order valence-corrected chi connectivity index (χ3v) is 2.68. The Hall–Kier alpha value is -0.475. The molecule has 1 rings (SSSR count). The smallest absolute Gasteiger partial charge is 0.426 e. The van der Waals surface area contributed by atoms with Crippen molar-refractivity contribution >= 4 is 7.12 Å². The maximum atomic E-state index is 9.13. The van der Waals surface area contributed by atoms with Crippen molar-refractivity contribution in [3.63, 3.8) is 0 Å². The third kappa shape index (κ3) is 2.26.